The number of ether oxygens (including phenoxy) is 2. The Morgan fingerprint density at radius 3 is 2.54 bits per heavy atom. The van der Waals surface area contributed by atoms with Gasteiger partial charge in [-0.15, -0.1) is 11.8 Å². The number of carbonyl (C=O) groups is 1. The van der Waals surface area contributed by atoms with Crippen LogP contribution in [0.4, 0.5) is 0 Å². The van der Waals surface area contributed by atoms with Crippen molar-refractivity contribution in [1.82, 2.24) is 0 Å². The van der Waals surface area contributed by atoms with Crippen molar-refractivity contribution in [3.8, 4) is 5.75 Å². The summed E-state index contributed by atoms with van der Waals surface area (Å²) in [5.41, 5.74) is 1.88. The van der Waals surface area contributed by atoms with Gasteiger partial charge in [0.15, 0.2) is 0 Å². The second kappa shape index (κ2) is 7.23. The van der Waals surface area contributed by atoms with E-state index in [9.17, 15) is 4.79 Å². The third kappa shape index (κ3) is 3.40. The van der Waals surface area contributed by atoms with Gasteiger partial charge in [-0.25, -0.2) is 4.79 Å². The molecular weight excluding hydrogens is 459 g/mol. The minimum Gasteiger partial charge on any atom is -0.452 e. The molecule has 6 fully saturated rings. The van der Waals surface area contributed by atoms with Crippen LogP contribution in [-0.2, 0) is 14.0 Å². The van der Waals surface area contributed by atoms with Gasteiger partial charge >= 0.3 is 13.1 Å². The quantitative estimate of drug-likeness (QED) is 0.265. The molecule has 35 heavy (non-hydrogen) atoms. The maximum Gasteiger partial charge on any atom is 0.461 e. The Morgan fingerprint density at radius 2 is 1.83 bits per heavy atom. The Morgan fingerprint density at radius 1 is 1.06 bits per heavy atom. The number of thioether (sulfide) groups is 1. The molecule has 2 heterocycles. The van der Waals surface area contributed by atoms with Crippen molar-refractivity contribution >= 4 is 24.8 Å². The van der Waals surface area contributed by atoms with Crippen LogP contribution in [0.1, 0.15) is 95.5 Å². The minimum atomic E-state index is -0.968. The smallest absolute Gasteiger partial charge is 0.452 e. The molecule has 1 aromatic carbocycles. The molecule has 0 amide bonds. The van der Waals surface area contributed by atoms with Crippen molar-refractivity contribution in [2.45, 2.75) is 113 Å². The van der Waals surface area contributed by atoms with Crippen LogP contribution in [0.3, 0.4) is 0 Å². The summed E-state index contributed by atoms with van der Waals surface area (Å²) < 4.78 is 25.4. The average molecular weight is 496 g/mol. The van der Waals surface area contributed by atoms with E-state index >= 15 is 0 Å². The molecule has 2 aliphatic heterocycles. The molecule has 1 saturated heterocycles. The fraction of sp³-hybridized carbons (Fsp3) is 0.750. The molecule has 7 atom stereocenters. The normalized spacial score (nSPS) is 40.7. The number of carbonyl (C=O) groups excluding carboxylic acids is 1. The first kappa shape index (κ1) is 23.0. The van der Waals surface area contributed by atoms with Crippen molar-refractivity contribution in [1.29, 1.82) is 0 Å². The molecule has 0 spiro atoms. The Balaban J connectivity index is 1.16. The summed E-state index contributed by atoms with van der Waals surface area (Å²) in [6.45, 7) is 13.0. The molecule has 0 N–H and O–H groups in total. The molecule has 7 aliphatic rings. The highest BCUT2D eigenvalue weighted by Gasteiger charge is 2.70. The third-order valence-electron chi connectivity index (χ3n) is 10.2. The Labute approximate surface area is 213 Å². The molecule has 8 rings (SSSR count). The van der Waals surface area contributed by atoms with E-state index < -0.39 is 5.79 Å². The van der Waals surface area contributed by atoms with Gasteiger partial charge in [0.25, 0.3) is 0 Å². The van der Waals surface area contributed by atoms with Crippen LogP contribution in [-0.4, -0.2) is 35.8 Å². The number of cyclic esters (lactones) is 1. The van der Waals surface area contributed by atoms with E-state index in [4.69, 9.17) is 18.8 Å². The molecule has 5 saturated carbocycles. The largest absolute Gasteiger partial charge is 0.461 e. The Kier molecular flexibility index (Phi) is 4.74. The summed E-state index contributed by atoms with van der Waals surface area (Å²) in [6.07, 6.45) is 6.14. The average Bonchev–Trinajstić information content (AvgIpc) is 3.68. The van der Waals surface area contributed by atoms with Gasteiger partial charge < -0.3 is 18.8 Å². The lowest BCUT2D eigenvalue weighted by Gasteiger charge is -2.64. The predicted molar refractivity (Wildman–Crippen MR) is 136 cm³/mol. The fourth-order valence-corrected chi connectivity index (χ4v) is 8.94. The van der Waals surface area contributed by atoms with Gasteiger partial charge in [-0.2, -0.15) is 0 Å². The van der Waals surface area contributed by atoms with E-state index in [1.54, 1.807) is 11.8 Å². The van der Waals surface area contributed by atoms with Crippen LogP contribution in [0.25, 0.3) is 0 Å². The van der Waals surface area contributed by atoms with E-state index in [0.29, 0.717) is 28.0 Å². The maximum absolute atomic E-state index is 13.2. The van der Waals surface area contributed by atoms with Crippen LogP contribution in [0.5, 0.6) is 5.75 Å². The highest BCUT2D eigenvalue weighted by atomic mass is 32.2. The van der Waals surface area contributed by atoms with Gasteiger partial charge in [0.2, 0.25) is 5.79 Å². The molecule has 0 radical (unpaired) electrons. The van der Waals surface area contributed by atoms with Crippen LogP contribution < -0.4 is 4.74 Å². The van der Waals surface area contributed by atoms with Gasteiger partial charge in [-0.1, -0.05) is 26.8 Å². The van der Waals surface area contributed by atoms with Crippen molar-refractivity contribution < 1.29 is 23.6 Å². The Hall–Kier alpha value is -1.18. The highest BCUT2D eigenvalue weighted by Crippen LogP contribution is 2.68. The molecular formula is C28H37BO5S. The van der Waals surface area contributed by atoms with E-state index in [0.717, 1.165) is 40.9 Å². The first-order valence-corrected chi connectivity index (χ1v) is 14.4. The lowest BCUT2D eigenvalue weighted by molar-refractivity contribution is -0.199. The number of esters is 1. The minimum absolute atomic E-state index is 0.173. The van der Waals surface area contributed by atoms with Crippen LogP contribution in [0.15, 0.2) is 17.0 Å². The maximum atomic E-state index is 13.2. The second-order valence-corrected chi connectivity index (χ2v) is 14.7. The van der Waals surface area contributed by atoms with Gasteiger partial charge in [-0.05, 0) is 79.7 Å². The number of hydrogen-bond acceptors (Lipinski definition) is 6. The van der Waals surface area contributed by atoms with Gasteiger partial charge in [0.1, 0.15) is 11.3 Å². The van der Waals surface area contributed by atoms with Crippen molar-refractivity contribution in [2.24, 2.45) is 23.2 Å². The molecule has 2 bridgehead atoms. The molecule has 5 nitrogen and oxygen atoms in total. The molecule has 1 aromatic rings. The van der Waals surface area contributed by atoms with Crippen molar-refractivity contribution in [3.63, 3.8) is 0 Å². The molecule has 5 aliphatic carbocycles. The summed E-state index contributed by atoms with van der Waals surface area (Å²) in [6, 6.07) is 4.30. The molecule has 0 aromatic heterocycles. The van der Waals surface area contributed by atoms with Crippen LogP contribution in [0.2, 0.25) is 5.82 Å². The van der Waals surface area contributed by atoms with Gasteiger partial charge in [-0.3, -0.25) is 0 Å². The number of benzene rings is 1. The van der Waals surface area contributed by atoms with E-state index in [1.165, 1.54) is 19.3 Å². The topological polar surface area (TPSA) is 54.0 Å². The second-order valence-electron chi connectivity index (χ2n) is 13.3. The van der Waals surface area contributed by atoms with Gasteiger partial charge in [0.05, 0.1) is 11.7 Å². The standard InChI is InChI=1S/C28H37BO5S/c1-14(15-7-8-15)35-20-10-9-17(24-23(20)25(30)32-27(4,5)31-24)18-13-19(18)29-33-22-12-16-11-21(26(16,2)3)28(22,6)34-29/h9-10,14-16,18-19,21-22H,7-8,11-13H2,1-6H3/t14-,16-,18+,19+,21-,22+,28+/m1/s1. The van der Waals surface area contributed by atoms with Gasteiger partial charge in [0, 0.05) is 29.8 Å². The lowest BCUT2D eigenvalue weighted by Crippen LogP contribution is -2.65. The summed E-state index contributed by atoms with van der Waals surface area (Å²) in [7, 11) is -0.173. The van der Waals surface area contributed by atoms with Crippen LogP contribution >= 0.6 is 11.8 Å². The zero-order valence-electron chi connectivity index (χ0n) is 21.8. The highest BCUT2D eigenvalue weighted by molar-refractivity contribution is 8.00. The molecule has 0 unspecified atom stereocenters. The summed E-state index contributed by atoms with van der Waals surface area (Å²) in [5, 5.41) is 0.487. The monoisotopic (exact) mass is 496 g/mol. The van der Waals surface area contributed by atoms with E-state index in [1.807, 2.05) is 13.8 Å². The third-order valence-corrected chi connectivity index (χ3v) is 11.5. The zero-order valence-corrected chi connectivity index (χ0v) is 22.6. The predicted octanol–water partition coefficient (Wildman–Crippen LogP) is 6.45. The molecule has 188 valence electrons. The summed E-state index contributed by atoms with van der Waals surface area (Å²) in [5.74, 6) is 2.13. The number of fused-ring (bicyclic) bond motifs is 1. The first-order valence-electron chi connectivity index (χ1n) is 13.6. The fourth-order valence-electron chi connectivity index (χ4n) is 7.63. The summed E-state index contributed by atoms with van der Waals surface area (Å²) >= 11 is 1.79. The first-order chi connectivity index (χ1) is 16.5. The van der Waals surface area contributed by atoms with Crippen molar-refractivity contribution in [3.05, 3.63) is 23.3 Å². The number of hydrogen-bond donors (Lipinski definition) is 0. The SMILES string of the molecule is C[C@@H](Sc1ccc([C@@H]2C[C@@H]2B2O[C@H]3C[C@H]4C[C@H](C4(C)C)[C@]3(C)O2)c2c1C(=O)OC(C)(C)O2)C1CC1. The molecule has 7 heteroatoms. The summed E-state index contributed by atoms with van der Waals surface area (Å²) in [4.78, 5) is 14.2. The lowest BCUT2D eigenvalue weighted by atomic mass is 9.43. The van der Waals surface area contributed by atoms with Crippen molar-refractivity contribution in [2.75, 3.05) is 0 Å². The van der Waals surface area contributed by atoms with Crippen LogP contribution in [0, 0.1) is 23.2 Å². The van der Waals surface area contributed by atoms with E-state index in [-0.39, 0.29) is 30.7 Å². The Bertz CT molecular complexity index is 1100. The van der Waals surface area contributed by atoms with E-state index in [2.05, 4.69) is 39.8 Å². The zero-order chi connectivity index (χ0) is 24.5. The number of rotatable bonds is 5.